The second-order valence-electron chi connectivity index (χ2n) is 15.1. The number of hydrogen-bond donors (Lipinski definition) is 2. The number of Topliss-reactive ketones (excluding diaryl/α,β-unsaturated/α-hetero) is 1. The number of amides is 3. The first-order valence-corrected chi connectivity index (χ1v) is 20.4. The third-order valence-electron chi connectivity index (χ3n) is 10.6. The van der Waals surface area contributed by atoms with E-state index < -0.39 is 12.1 Å². The van der Waals surface area contributed by atoms with Gasteiger partial charge in [0.2, 0.25) is 11.8 Å². The number of thiazole rings is 1. The number of rotatable bonds is 21. The summed E-state index contributed by atoms with van der Waals surface area (Å²) >= 11 is 1.39. The molecule has 2 aromatic rings. The zero-order chi connectivity index (χ0) is 38.4. The SMILES string of the molecule is CCCN(C(=O)[C@@H](NC(=O)[C@H]1CCCCN1C)[C@@H](C)CC)[C@H](C[C@@H](OCC)c1nc(C(=O)N[C@@H](Cc2ccccc2)C[C@H](C)C(C)=O)cs1)C(C)C. The summed E-state index contributed by atoms with van der Waals surface area (Å²) in [5.74, 6) is -0.446. The fraction of sp³-hybridized carbons (Fsp3) is 0.683. The number of ether oxygens (including phenoxy) is 1. The van der Waals surface area contributed by atoms with Crippen LogP contribution in [0.1, 0.15) is 127 Å². The highest BCUT2D eigenvalue weighted by Crippen LogP contribution is 2.32. The minimum Gasteiger partial charge on any atom is -0.371 e. The summed E-state index contributed by atoms with van der Waals surface area (Å²) in [5, 5.41) is 8.80. The summed E-state index contributed by atoms with van der Waals surface area (Å²) < 4.78 is 6.30. The van der Waals surface area contributed by atoms with E-state index in [0.29, 0.717) is 43.1 Å². The van der Waals surface area contributed by atoms with E-state index in [1.807, 2.05) is 63.1 Å². The summed E-state index contributed by atoms with van der Waals surface area (Å²) in [6.07, 6.45) is 5.63. The van der Waals surface area contributed by atoms with Gasteiger partial charge < -0.3 is 20.3 Å². The van der Waals surface area contributed by atoms with Gasteiger partial charge in [0.25, 0.3) is 5.91 Å². The monoisotopic (exact) mass is 739 g/mol. The molecule has 1 saturated heterocycles. The molecule has 3 rings (SSSR count). The van der Waals surface area contributed by atoms with Gasteiger partial charge in [-0.3, -0.25) is 24.1 Å². The van der Waals surface area contributed by atoms with E-state index in [9.17, 15) is 19.2 Å². The minimum atomic E-state index is -0.629. The van der Waals surface area contributed by atoms with Gasteiger partial charge in [0, 0.05) is 43.0 Å². The maximum Gasteiger partial charge on any atom is 0.270 e. The van der Waals surface area contributed by atoms with Crippen LogP contribution < -0.4 is 10.6 Å². The Hall–Kier alpha value is -3.15. The summed E-state index contributed by atoms with van der Waals surface area (Å²) in [7, 11) is 1.99. The normalized spacial score (nSPS) is 18.5. The smallest absolute Gasteiger partial charge is 0.270 e. The summed E-state index contributed by atoms with van der Waals surface area (Å²) in [5.41, 5.74) is 1.40. The van der Waals surface area contributed by atoms with Gasteiger partial charge in [0.1, 0.15) is 28.6 Å². The molecule has 1 aromatic carbocycles. The first kappa shape index (κ1) is 43.3. The number of likely N-dealkylation sites (tertiary alicyclic amines) is 1. The van der Waals surface area contributed by atoms with Crippen LogP contribution >= 0.6 is 11.3 Å². The molecule has 7 atom stereocenters. The van der Waals surface area contributed by atoms with Crippen LogP contribution in [0.3, 0.4) is 0 Å². The third-order valence-corrected chi connectivity index (χ3v) is 11.5. The van der Waals surface area contributed by atoms with Gasteiger partial charge in [-0.25, -0.2) is 4.98 Å². The molecule has 0 aliphatic carbocycles. The number of piperidine rings is 1. The molecule has 0 saturated carbocycles. The predicted molar refractivity (Wildman–Crippen MR) is 209 cm³/mol. The average molecular weight is 740 g/mol. The zero-order valence-electron chi connectivity index (χ0n) is 33.2. The molecule has 0 bridgehead atoms. The molecule has 2 N–H and O–H groups in total. The molecule has 1 fully saturated rings. The molecule has 1 aliphatic heterocycles. The molecule has 52 heavy (non-hydrogen) atoms. The molecule has 10 nitrogen and oxygen atoms in total. The van der Waals surface area contributed by atoms with Crippen molar-refractivity contribution < 1.29 is 23.9 Å². The van der Waals surface area contributed by atoms with E-state index in [1.165, 1.54) is 11.3 Å². The molecule has 0 unspecified atom stereocenters. The number of likely N-dealkylation sites (N-methyl/N-ethyl adjacent to an activating group) is 1. The van der Waals surface area contributed by atoms with Crippen molar-refractivity contribution in [2.45, 2.75) is 137 Å². The minimum absolute atomic E-state index is 0.0376. The Labute approximate surface area is 316 Å². The Morgan fingerprint density at radius 3 is 2.33 bits per heavy atom. The lowest BCUT2D eigenvalue weighted by Gasteiger charge is -2.40. The fourth-order valence-electron chi connectivity index (χ4n) is 7.10. The highest BCUT2D eigenvalue weighted by Gasteiger charge is 2.38. The number of nitrogens with one attached hydrogen (secondary N) is 2. The summed E-state index contributed by atoms with van der Waals surface area (Å²) in [4.78, 5) is 62.7. The Balaban J connectivity index is 1.84. The topological polar surface area (TPSA) is 121 Å². The van der Waals surface area contributed by atoms with Gasteiger partial charge in [-0.05, 0) is 76.9 Å². The first-order valence-electron chi connectivity index (χ1n) is 19.5. The van der Waals surface area contributed by atoms with Crippen molar-refractivity contribution in [2.24, 2.45) is 17.8 Å². The highest BCUT2D eigenvalue weighted by molar-refractivity contribution is 7.09. The van der Waals surface area contributed by atoms with Crippen molar-refractivity contribution in [3.63, 3.8) is 0 Å². The Morgan fingerprint density at radius 1 is 1.02 bits per heavy atom. The standard InChI is InChI=1S/C41H65N5O5S/c1-10-21-46(41(50)37(28(6)11-2)44-39(49)34-20-16-17-22-45(34)9)35(27(4)5)25-36(51-12-3)40-43-33(26-52-40)38(48)42-32(23-29(7)30(8)47)24-31-18-14-13-15-19-31/h13-15,18-19,26-29,32,34-37H,10-12,16-17,20-25H2,1-9H3,(H,42,48)(H,44,49)/t28-,29-,32+,34+,35+,36+,37-/m0/s1. The molecular weight excluding hydrogens is 675 g/mol. The maximum absolute atomic E-state index is 14.6. The van der Waals surface area contributed by atoms with E-state index in [2.05, 4.69) is 43.2 Å². The lowest BCUT2D eigenvalue weighted by molar-refractivity contribution is -0.143. The van der Waals surface area contributed by atoms with Gasteiger partial charge in [-0.2, -0.15) is 0 Å². The molecule has 290 valence electrons. The summed E-state index contributed by atoms with van der Waals surface area (Å²) in [6, 6.07) is 8.68. The van der Waals surface area contributed by atoms with E-state index in [-0.39, 0.29) is 59.4 Å². The maximum atomic E-state index is 14.6. The predicted octanol–water partition coefficient (Wildman–Crippen LogP) is 6.85. The second kappa shape index (κ2) is 21.5. The van der Waals surface area contributed by atoms with Gasteiger partial charge >= 0.3 is 0 Å². The molecular formula is C41H65N5O5S. The average Bonchev–Trinajstić information content (AvgIpc) is 3.62. The molecule has 1 aliphatic rings. The van der Waals surface area contributed by atoms with Crippen molar-refractivity contribution in [3.05, 3.63) is 52.0 Å². The van der Waals surface area contributed by atoms with Crippen LogP contribution in [0.5, 0.6) is 0 Å². The second-order valence-corrected chi connectivity index (χ2v) is 16.0. The molecule has 1 aromatic heterocycles. The van der Waals surface area contributed by atoms with Crippen molar-refractivity contribution in [1.29, 1.82) is 0 Å². The highest BCUT2D eigenvalue weighted by atomic mass is 32.1. The summed E-state index contributed by atoms with van der Waals surface area (Å²) in [6.45, 7) is 17.7. The molecule has 0 spiro atoms. The number of carbonyl (C=O) groups is 4. The first-order chi connectivity index (χ1) is 24.8. The van der Waals surface area contributed by atoms with Crippen molar-refractivity contribution in [1.82, 2.24) is 25.4 Å². The van der Waals surface area contributed by atoms with E-state index in [0.717, 1.165) is 44.2 Å². The van der Waals surface area contributed by atoms with Crippen LogP contribution in [0.15, 0.2) is 35.7 Å². The number of benzene rings is 1. The largest absolute Gasteiger partial charge is 0.371 e. The van der Waals surface area contributed by atoms with E-state index >= 15 is 0 Å². The van der Waals surface area contributed by atoms with Crippen LogP contribution in [0.25, 0.3) is 0 Å². The van der Waals surface area contributed by atoms with Crippen LogP contribution in [0.4, 0.5) is 0 Å². The third kappa shape index (κ3) is 12.5. The fourth-order valence-corrected chi connectivity index (χ4v) is 7.96. The van der Waals surface area contributed by atoms with Crippen LogP contribution in [-0.2, 0) is 25.5 Å². The van der Waals surface area contributed by atoms with Crippen LogP contribution in [0, 0.1) is 17.8 Å². The molecule has 0 radical (unpaired) electrons. The van der Waals surface area contributed by atoms with Crippen molar-refractivity contribution >= 4 is 34.8 Å². The number of nitrogens with zero attached hydrogens (tertiary/aromatic N) is 3. The van der Waals surface area contributed by atoms with Crippen LogP contribution in [0.2, 0.25) is 0 Å². The van der Waals surface area contributed by atoms with Crippen molar-refractivity contribution in [3.8, 4) is 0 Å². The van der Waals surface area contributed by atoms with Crippen LogP contribution in [-0.4, -0.2) is 89.2 Å². The molecule has 3 amide bonds. The van der Waals surface area contributed by atoms with E-state index in [4.69, 9.17) is 9.72 Å². The van der Waals surface area contributed by atoms with Gasteiger partial charge in [-0.15, -0.1) is 11.3 Å². The van der Waals surface area contributed by atoms with Gasteiger partial charge in [0.15, 0.2) is 0 Å². The van der Waals surface area contributed by atoms with Gasteiger partial charge in [-0.1, -0.05) is 84.7 Å². The number of aromatic nitrogens is 1. The molecule has 2 heterocycles. The van der Waals surface area contributed by atoms with Gasteiger partial charge in [0.05, 0.1) is 6.04 Å². The Bertz CT molecular complexity index is 1420. The lowest BCUT2D eigenvalue weighted by Crippen LogP contribution is -2.58. The number of carbonyl (C=O) groups excluding carboxylic acids is 4. The number of ketones is 1. The zero-order valence-corrected chi connectivity index (χ0v) is 34.0. The Morgan fingerprint density at radius 2 is 1.73 bits per heavy atom. The quantitative estimate of drug-likeness (QED) is 0.144. The molecule has 11 heteroatoms. The van der Waals surface area contributed by atoms with Crippen molar-refractivity contribution in [2.75, 3.05) is 26.7 Å². The lowest BCUT2D eigenvalue weighted by atomic mass is 9.92. The Kier molecular flexibility index (Phi) is 17.9. The van der Waals surface area contributed by atoms with E-state index in [1.54, 1.807) is 12.3 Å². The number of hydrogen-bond acceptors (Lipinski definition) is 8.